The van der Waals surface area contributed by atoms with Gasteiger partial charge >= 0.3 is 0 Å². The molecule has 0 bridgehead atoms. The highest BCUT2D eigenvalue weighted by molar-refractivity contribution is 9.10. The fraction of sp³-hybridized carbons (Fsp3) is 0.152. The number of rotatable bonds is 12. The topological polar surface area (TPSA) is 89.8 Å². The number of nitrogens with zero attached hydrogens (tertiary/aromatic N) is 1. The average molecular weight is 631 g/mol. The summed E-state index contributed by atoms with van der Waals surface area (Å²) in [7, 11) is 1.58. The van der Waals surface area contributed by atoms with Gasteiger partial charge in [0.25, 0.3) is 5.91 Å². The Hall–Kier alpha value is -4.81. The first-order valence-corrected chi connectivity index (χ1v) is 13.8. The van der Waals surface area contributed by atoms with Crippen LogP contribution in [0.4, 0.5) is 10.1 Å². The Balaban J connectivity index is 1.49. The number of ether oxygens (including phenoxy) is 4. The van der Waals surface area contributed by atoms with Gasteiger partial charge in [0.15, 0.2) is 23.0 Å². The van der Waals surface area contributed by atoms with Gasteiger partial charge in [-0.2, -0.15) is 5.26 Å². The van der Waals surface area contributed by atoms with Crippen LogP contribution in [-0.4, -0.2) is 19.6 Å². The van der Waals surface area contributed by atoms with Crippen molar-refractivity contribution in [1.82, 2.24) is 0 Å². The summed E-state index contributed by atoms with van der Waals surface area (Å²) in [4.78, 5) is 12.7. The first kappa shape index (κ1) is 30.2. The molecular formula is C33H28BrFN2O5. The van der Waals surface area contributed by atoms with E-state index in [2.05, 4.69) is 21.2 Å². The highest BCUT2D eigenvalue weighted by Gasteiger charge is 2.16. The molecule has 0 saturated heterocycles. The number of hydrogen-bond donors (Lipinski definition) is 1. The van der Waals surface area contributed by atoms with Crippen molar-refractivity contribution in [1.29, 1.82) is 5.26 Å². The number of hydrogen-bond acceptors (Lipinski definition) is 6. The molecule has 0 aliphatic heterocycles. The van der Waals surface area contributed by atoms with E-state index in [1.54, 1.807) is 19.2 Å². The van der Waals surface area contributed by atoms with Crippen molar-refractivity contribution < 1.29 is 28.1 Å². The van der Waals surface area contributed by atoms with Gasteiger partial charge in [-0.1, -0.05) is 36.4 Å². The number of benzene rings is 4. The van der Waals surface area contributed by atoms with Crippen LogP contribution in [0.2, 0.25) is 0 Å². The van der Waals surface area contributed by atoms with Gasteiger partial charge < -0.3 is 24.3 Å². The van der Waals surface area contributed by atoms with Gasteiger partial charge in [-0.15, -0.1) is 0 Å². The molecule has 0 fully saturated rings. The number of carbonyl (C=O) groups is 1. The molecule has 0 saturated carbocycles. The fourth-order valence-corrected chi connectivity index (χ4v) is 4.51. The van der Waals surface area contributed by atoms with Crippen LogP contribution in [0.3, 0.4) is 0 Å². The van der Waals surface area contributed by atoms with E-state index in [9.17, 15) is 14.4 Å². The summed E-state index contributed by atoms with van der Waals surface area (Å²) >= 11 is 3.54. The Morgan fingerprint density at radius 2 is 1.64 bits per heavy atom. The summed E-state index contributed by atoms with van der Waals surface area (Å²) in [6.45, 7) is 2.84. The molecule has 4 rings (SSSR count). The lowest BCUT2D eigenvalue weighted by Gasteiger charge is -2.16. The second kappa shape index (κ2) is 14.7. The minimum absolute atomic E-state index is 0.135. The van der Waals surface area contributed by atoms with Crippen molar-refractivity contribution in [2.75, 3.05) is 19.0 Å². The van der Waals surface area contributed by atoms with Gasteiger partial charge in [-0.3, -0.25) is 4.79 Å². The minimum atomic E-state index is -0.622. The van der Waals surface area contributed by atoms with E-state index in [-0.39, 0.29) is 12.2 Å². The Morgan fingerprint density at radius 3 is 2.33 bits per heavy atom. The molecule has 0 spiro atoms. The van der Waals surface area contributed by atoms with Crippen LogP contribution in [0.1, 0.15) is 23.6 Å². The summed E-state index contributed by atoms with van der Waals surface area (Å²) in [5, 5.41) is 12.2. The lowest BCUT2D eigenvalue weighted by atomic mass is 10.1. The van der Waals surface area contributed by atoms with Crippen molar-refractivity contribution >= 4 is 33.6 Å². The van der Waals surface area contributed by atoms with E-state index < -0.39 is 11.7 Å². The standard InChI is InChI=1S/C33H28BrFN2O5/c1-3-40-31-18-24(15-25(19-36)33(38)37-27-12-10-26(35)11-13-27)16-28(34)32(31)42-21-23-9-14-29(30(17-23)39-2)41-20-22-7-5-4-6-8-22/h4-18H,3,20-21H2,1-2H3,(H,37,38)/b25-15+. The number of carbonyl (C=O) groups excluding carboxylic acids is 1. The van der Waals surface area contributed by atoms with Crippen molar-refractivity contribution in [2.45, 2.75) is 20.1 Å². The molecule has 0 atom stereocenters. The Labute approximate surface area is 252 Å². The Bertz CT molecular complexity index is 1600. The molecule has 214 valence electrons. The molecule has 1 amide bonds. The van der Waals surface area contributed by atoms with E-state index >= 15 is 0 Å². The molecular weight excluding hydrogens is 603 g/mol. The van der Waals surface area contributed by atoms with Gasteiger partial charge in [-0.25, -0.2) is 4.39 Å². The zero-order valence-corrected chi connectivity index (χ0v) is 24.6. The quantitative estimate of drug-likeness (QED) is 0.127. The third-order valence-electron chi connectivity index (χ3n) is 5.96. The van der Waals surface area contributed by atoms with Crippen LogP contribution >= 0.6 is 15.9 Å². The first-order chi connectivity index (χ1) is 20.4. The number of nitriles is 1. The lowest BCUT2D eigenvalue weighted by Crippen LogP contribution is -2.13. The molecule has 9 heteroatoms. The van der Waals surface area contributed by atoms with Crippen LogP contribution in [0.25, 0.3) is 6.08 Å². The number of anilines is 1. The van der Waals surface area contributed by atoms with Crippen molar-refractivity contribution in [2.24, 2.45) is 0 Å². The Kier molecular flexibility index (Phi) is 10.6. The van der Waals surface area contributed by atoms with E-state index in [0.717, 1.165) is 11.1 Å². The molecule has 0 unspecified atom stereocenters. The van der Waals surface area contributed by atoms with Gasteiger partial charge in [0.05, 0.1) is 18.2 Å². The maximum atomic E-state index is 13.2. The van der Waals surface area contributed by atoms with E-state index in [1.165, 1.54) is 30.3 Å². The van der Waals surface area contributed by atoms with Crippen LogP contribution in [0.15, 0.2) is 95.0 Å². The smallest absolute Gasteiger partial charge is 0.266 e. The second-order valence-electron chi connectivity index (χ2n) is 8.94. The van der Waals surface area contributed by atoms with Gasteiger partial charge in [0.1, 0.15) is 30.7 Å². The summed E-state index contributed by atoms with van der Waals surface area (Å²) < 4.78 is 37.2. The summed E-state index contributed by atoms with van der Waals surface area (Å²) in [6.07, 6.45) is 1.44. The number of halogens is 2. The third kappa shape index (κ3) is 8.12. The predicted octanol–water partition coefficient (Wildman–Crippen LogP) is 7.70. The van der Waals surface area contributed by atoms with Gasteiger partial charge in [-0.05, 0) is 94.2 Å². The average Bonchev–Trinajstić information content (AvgIpc) is 3.00. The maximum Gasteiger partial charge on any atom is 0.266 e. The van der Waals surface area contributed by atoms with E-state index in [0.29, 0.717) is 51.9 Å². The molecule has 0 aliphatic rings. The minimum Gasteiger partial charge on any atom is -0.493 e. The zero-order chi connectivity index (χ0) is 29.9. The highest BCUT2D eigenvalue weighted by Crippen LogP contribution is 2.38. The molecule has 0 heterocycles. The SMILES string of the molecule is CCOc1cc(/C=C(\C#N)C(=O)Nc2ccc(F)cc2)cc(Br)c1OCc1ccc(OCc2ccccc2)c(OC)c1. The highest BCUT2D eigenvalue weighted by atomic mass is 79.9. The third-order valence-corrected chi connectivity index (χ3v) is 6.55. The first-order valence-electron chi connectivity index (χ1n) is 13.0. The second-order valence-corrected chi connectivity index (χ2v) is 9.80. The van der Waals surface area contributed by atoms with Crippen molar-refractivity contribution in [3.63, 3.8) is 0 Å². The molecule has 0 radical (unpaired) electrons. The number of amides is 1. The van der Waals surface area contributed by atoms with Gasteiger partial charge in [0, 0.05) is 5.69 Å². The molecule has 4 aromatic rings. The lowest BCUT2D eigenvalue weighted by molar-refractivity contribution is -0.112. The van der Waals surface area contributed by atoms with Crippen LogP contribution in [0.5, 0.6) is 23.0 Å². The molecule has 0 aliphatic carbocycles. The molecule has 42 heavy (non-hydrogen) atoms. The summed E-state index contributed by atoms with van der Waals surface area (Å²) in [6, 6.07) is 26.1. The van der Waals surface area contributed by atoms with Gasteiger partial charge in [0.2, 0.25) is 0 Å². The number of nitrogens with one attached hydrogen (secondary N) is 1. The molecule has 7 nitrogen and oxygen atoms in total. The normalized spacial score (nSPS) is 10.9. The van der Waals surface area contributed by atoms with Crippen LogP contribution in [-0.2, 0) is 18.0 Å². The number of methoxy groups -OCH3 is 1. The molecule has 0 aromatic heterocycles. The predicted molar refractivity (Wildman–Crippen MR) is 162 cm³/mol. The van der Waals surface area contributed by atoms with Crippen molar-refractivity contribution in [3.8, 4) is 29.1 Å². The fourth-order valence-electron chi connectivity index (χ4n) is 3.93. The van der Waals surface area contributed by atoms with Crippen LogP contribution < -0.4 is 24.3 Å². The zero-order valence-electron chi connectivity index (χ0n) is 23.0. The van der Waals surface area contributed by atoms with Crippen LogP contribution in [0, 0.1) is 17.1 Å². The maximum absolute atomic E-state index is 13.2. The molecule has 1 N–H and O–H groups in total. The van der Waals surface area contributed by atoms with Crippen molar-refractivity contribution in [3.05, 3.63) is 117 Å². The van der Waals surface area contributed by atoms with E-state index in [1.807, 2.05) is 61.5 Å². The molecule has 4 aromatic carbocycles. The largest absolute Gasteiger partial charge is 0.493 e. The Morgan fingerprint density at radius 1 is 0.905 bits per heavy atom. The monoisotopic (exact) mass is 630 g/mol. The summed E-state index contributed by atoms with van der Waals surface area (Å²) in [5.74, 6) is 1.05. The summed E-state index contributed by atoms with van der Waals surface area (Å²) in [5.41, 5.74) is 2.68. The van der Waals surface area contributed by atoms with E-state index in [4.69, 9.17) is 18.9 Å².